The number of alkyl halides is 1. The monoisotopic (exact) mass is 334 g/mol. The van der Waals surface area contributed by atoms with E-state index in [4.69, 9.17) is 16.3 Å². The Kier molecular flexibility index (Phi) is 4.93. The number of rotatable bonds is 6. The Morgan fingerprint density at radius 3 is 2.78 bits per heavy atom. The van der Waals surface area contributed by atoms with Gasteiger partial charge in [-0.2, -0.15) is 15.0 Å². The van der Waals surface area contributed by atoms with Crippen LogP contribution in [0.3, 0.4) is 0 Å². The number of carbonyl (C=O) groups is 1. The number of nitrogens with zero attached hydrogens (tertiary/aromatic N) is 4. The van der Waals surface area contributed by atoms with Gasteiger partial charge in [0.25, 0.3) is 0 Å². The second-order valence-corrected chi connectivity index (χ2v) is 5.87. The molecule has 0 N–H and O–H groups in total. The molecule has 1 aliphatic rings. The molecule has 0 radical (unpaired) electrons. The third-order valence-corrected chi connectivity index (χ3v) is 4.37. The van der Waals surface area contributed by atoms with Crippen LogP contribution in [0.1, 0.15) is 18.5 Å². The molecule has 0 spiro atoms. The van der Waals surface area contributed by atoms with Crippen molar-refractivity contribution in [1.82, 2.24) is 19.9 Å². The molecule has 6 nitrogen and oxygen atoms in total. The minimum Gasteiger partial charge on any atom is -0.381 e. The first-order valence-electron chi connectivity index (χ1n) is 7.56. The predicted octanol–water partition coefficient (Wildman–Crippen LogP) is 2.01. The van der Waals surface area contributed by atoms with Crippen LogP contribution in [0, 0.1) is 0 Å². The summed E-state index contributed by atoms with van der Waals surface area (Å²) in [6.07, 6.45) is 3.59. The lowest BCUT2D eigenvalue weighted by Crippen LogP contribution is -2.50. The van der Waals surface area contributed by atoms with Crippen molar-refractivity contribution < 1.29 is 9.53 Å². The summed E-state index contributed by atoms with van der Waals surface area (Å²) in [6.45, 7) is 0.416. The van der Waals surface area contributed by atoms with Crippen molar-refractivity contribution in [2.75, 3.05) is 13.0 Å². The van der Waals surface area contributed by atoms with Gasteiger partial charge in [-0.15, -0.1) is 11.6 Å². The van der Waals surface area contributed by atoms with Crippen molar-refractivity contribution in [1.29, 1.82) is 0 Å². The lowest BCUT2D eigenvalue weighted by molar-refractivity contribution is -0.137. The average Bonchev–Trinajstić information content (AvgIpc) is 3.01. The fraction of sp³-hybridized carbons (Fsp3) is 0.438. The maximum absolute atomic E-state index is 12.1. The fourth-order valence-corrected chi connectivity index (χ4v) is 2.86. The molecule has 0 saturated heterocycles. The second-order valence-electron chi connectivity index (χ2n) is 5.60. The first kappa shape index (κ1) is 16.0. The molecule has 1 saturated carbocycles. The highest BCUT2D eigenvalue weighted by atomic mass is 35.5. The van der Waals surface area contributed by atoms with Crippen LogP contribution < -0.4 is 0 Å². The molecule has 1 aromatic carbocycles. The van der Waals surface area contributed by atoms with Crippen LogP contribution in [0.4, 0.5) is 0 Å². The van der Waals surface area contributed by atoms with E-state index in [1.54, 1.807) is 23.0 Å². The number of hydrogen-bond donors (Lipinski definition) is 0. The van der Waals surface area contributed by atoms with E-state index < -0.39 is 0 Å². The predicted molar refractivity (Wildman–Crippen MR) is 86.4 cm³/mol. The summed E-state index contributed by atoms with van der Waals surface area (Å²) in [7, 11) is 1.69. The summed E-state index contributed by atoms with van der Waals surface area (Å²) in [4.78, 5) is 15.5. The molecule has 0 unspecified atom stereocenters. The second kappa shape index (κ2) is 7.10. The van der Waals surface area contributed by atoms with E-state index in [2.05, 4.69) is 10.2 Å². The summed E-state index contributed by atoms with van der Waals surface area (Å²) in [5.74, 6) is -0.110. The largest absolute Gasteiger partial charge is 0.381 e. The van der Waals surface area contributed by atoms with Gasteiger partial charge in [0.2, 0.25) is 5.91 Å². The van der Waals surface area contributed by atoms with Gasteiger partial charge in [0.05, 0.1) is 24.5 Å². The summed E-state index contributed by atoms with van der Waals surface area (Å²) in [5.41, 5.74) is 1.63. The third kappa shape index (κ3) is 3.54. The minimum atomic E-state index is -0.0829. The van der Waals surface area contributed by atoms with E-state index in [0.717, 1.165) is 24.2 Å². The number of amides is 1. The zero-order valence-electron chi connectivity index (χ0n) is 12.9. The molecule has 1 aromatic heterocycles. The lowest BCUT2D eigenvalue weighted by Gasteiger charge is -2.41. The minimum absolute atomic E-state index is 0.0268. The zero-order valence-corrected chi connectivity index (χ0v) is 13.7. The van der Waals surface area contributed by atoms with E-state index in [1.165, 1.54) is 0 Å². The standard InChI is InChI=1S/C16H19ClN4O2/c1-23-15-7-14(8-15)20(16(22)9-17)11-12-10-18-21(19-12)13-5-3-2-4-6-13/h2-6,10,14-15H,7-9,11H2,1H3. The van der Waals surface area contributed by atoms with Crippen molar-refractivity contribution >= 4 is 17.5 Å². The molecule has 1 amide bonds. The molecule has 0 atom stereocenters. The molecule has 1 aliphatic carbocycles. The van der Waals surface area contributed by atoms with Gasteiger partial charge in [0.15, 0.2) is 0 Å². The first-order chi connectivity index (χ1) is 11.2. The number of ether oxygens (including phenoxy) is 1. The highest BCUT2D eigenvalue weighted by molar-refractivity contribution is 6.27. The zero-order chi connectivity index (χ0) is 16.2. The normalized spacial score (nSPS) is 20.1. The summed E-state index contributed by atoms with van der Waals surface area (Å²) < 4.78 is 5.29. The van der Waals surface area contributed by atoms with E-state index in [0.29, 0.717) is 6.54 Å². The Morgan fingerprint density at radius 1 is 1.39 bits per heavy atom. The van der Waals surface area contributed by atoms with Crippen LogP contribution in [0.5, 0.6) is 0 Å². The smallest absolute Gasteiger partial charge is 0.238 e. The van der Waals surface area contributed by atoms with Gasteiger partial charge in [-0.3, -0.25) is 4.79 Å². The quantitative estimate of drug-likeness (QED) is 0.758. The highest BCUT2D eigenvalue weighted by Crippen LogP contribution is 2.29. The van der Waals surface area contributed by atoms with Gasteiger partial charge >= 0.3 is 0 Å². The number of benzene rings is 1. The molecule has 23 heavy (non-hydrogen) atoms. The molecule has 122 valence electrons. The molecule has 7 heteroatoms. The Hall–Kier alpha value is -1.92. The van der Waals surface area contributed by atoms with Crippen molar-refractivity contribution in [3.05, 3.63) is 42.2 Å². The molecule has 1 heterocycles. The molecule has 3 rings (SSSR count). The van der Waals surface area contributed by atoms with Gasteiger partial charge < -0.3 is 9.64 Å². The first-order valence-corrected chi connectivity index (χ1v) is 8.09. The summed E-state index contributed by atoms with van der Waals surface area (Å²) >= 11 is 5.75. The number of para-hydroxylation sites is 1. The molecule has 2 aromatic rings. The molecule has 0 aliphatic heterocycles. The van der Waals surface area contributed by atoms with Crippen LogP contribution in [-0.2, 0) is 16.1 Å². The number of aromatic nitrogens is 3. The van der Waals surface area contributed by atoms with Crippen LogP contribution in [0.15, 0.2) is 36.5 Å². The Balaban J connectivity index is 1.71. The van der Waals surface area contributed by atoms with E-state index in [1.807, 2.05) is 30.3 Å². The number of methoxy groups -OCH3 is 1. The van der Waals surface area contributed by atoms with Crippen molar-refractivity contribution in [2.24, 2.45) is 0 Å². The SMILES string of the molecule is COC1CC(N(Cc2cnn(-c3ccccc3)n2)C(=O)CCl)C1. The van der Waals surface area contributed by atoms with Crippen molar-refractivity contribution in [3.63, 3.8) is 0 Å². The average molecular weight is 335 g/mol. The maximum Gasteiger partial charge on any atom is 0.238 e. The van der Waals surface area contributed by atoms with Gasteiger partial charge in [-0.1, -0.05) is 18.2 Å². The number of carbonyl (C=O) groups excluding carboxylic acids is 1. The van der Waals surface area contributed by atoms with E-state index in [9.17, 15) is 4.79 Å². The lowest BCUT2D eigenvalue weighted by atomic mass is 9.87. The van der Waals surface area contributed by atoms with Gasteiger partial charge in [-0.05, 0) is 25.0 Å². The fourth-order valence-electron chi connectivity index (χ4n) is 2.71. The van der Waals surface area contributed by atoms with Crippen LogP contribution in [0.25, 0.3) is 5.69 Å². The maximum atomic E-state index is 12.1. The Labute approximate surface area is 140 Å². The van der Waals surface area contributed by atoms with Gasteiger partial charge in [0, 0.05) is 13.2 Å². The van der Waals surface area contributed by atoms with Gasteiger partial charge in [-0.25, -0.2) is 0 Å². The molecular weight excluding hydrogens is 316 g/mol. The van der Waals surface area contributed by atoms with Gasteiger partial charge in [0.1, 0.15) is 11.6 Å². The molecule has 1 fully saturated rings. The third-order valence-electron chi connectivity index (χ3n) is 4.14. The highest BCUT2D eigenvalue weighted by Gasteiger charge is 2.36. The van der Waals surface area contributed by atoms with Crippen LogP contribution in [-0.4, -0.2) is 50.9 Å². The number of halogens is 1. The molecular formula is C16H19ClN4O2. The van der Waals surface area contributed by atoms with Crippen LogP contribution in [0.2, 0.25) is 0 Å². The van der Waals surface area contributed by atoms with E-state index >= 15 is 0 Å². The summed E-state index contributed by atoms with van der Waals surface area (Å²) in [5, 5.41) is 8.72. The van der Waals surface area contributed by atoms with Crippen LogP contribution >= 0.6 is 11.6 Å². The molecule has 0 bridgehead atoms. The number of hydrogen-bond acceptors (Lipinski definition) is 4. The van der Waals surface area contributed by atoms with Crippen molar-refractivity contribution in [2.45, 2.75) is 31.5 Å². The Bertz CT molecular complexity index is 655. The topological polar surface area (TPSA) is 60.2 Å². The summed E-state index contributed by atoms with van der Waals surface area (Å²) in [6, 6.07) is 9.83. The Morgan fingerprint density at radius 2 is 2.13 bits per heavy atom. The van der Waals surface area contributed by atoms with Crippen molar-refractivity contribution in [3.8, 4) is 5.69 Å². The van der Waals surface area contributed by atoms with E-state index in [-0.39, 0.29) is 23.9 Å².